The van der Waals surface area contributed by atoms with Crippen molar-refractivity contribution in [3.8, 4) is 0 Å². The Balaban J connectivity index is 4.32. The lowest BCUT2D eigenvalue weighted by atomic mass is 10.0. The normalized spacial score (nSPS) is 13.8. The van der Waals surface area contributed by atoms with Gasteiger partial charge in [-0.05, 0) is 63.9 Å². The Labute approximate surface area is 166 Å². The van der Waals surface area contributed by atoms with Crippen LogP contribution >= 0.6 is 0 Å². The lowest BCUT2D eigenvalue weighted by Gasteiger charge is -2.35. The molecule has 0 aromatic carbocycles. The second kappa shape index (κ2) is 16.8. The molecule has 0 heterocycles. The average Bonchev–Trinajstić information content (AvgIpc) is 2.61. The SMILES string of the molecule is C/C=C/[N+](CCC)(CCC)CCCC(C)CC[NH+](CCCC)CCCC. The second-order valence-corrected chi connectivity index (χ2v) is 8.61. The number of quaternary nitrogens is 2. The van der Waals surface area contributed by atoms with Gasteiger partial charge in [-0.1, -0.05) is 47.5 Å². The topological polar surface area (TPSA) is 4.44 Å². The molecule has 0 aliphatic rings. The van der Waals surface area contributed by atoms with E-state index in [0.717, 1.165) is 5.92 Å². The van der Waals surface area contributed by atoms with Crippen LogP contribution < -0.4 is 4.90 Å². The summed E-state index contributed by atoms with van der Waals surface area (Å²) < 4.78 is 1.21. The van der Waals surface area contributed by atoms with Gasteiger partial charge in [0.2, 0.25) is 0 Å². The van der Waals surface area contributed by atoms with Crippen LogP contribution in [-0.2, 0) is 0 Å². The molecule has 0 rings (SSSR count). The fourth-order valence-corrected chi connectivity index (χ4v) is 4.34. The zero-order chi connectivity index (χ0) is 19.7. The van der Waals surface area contributed by atoms with E-state index in [1.165, 1.54) is 102 Å². The predicted octanol–water partition coefficient (Wildman–Crippen LogP) is 5.45. The molecule has 1 atom stereocenters. The van der Waals surface area contributed by atoms with Crippen molar-refractivity contribution in [3.05, 3.63) is 12.3 Å². The first-order valence-corrected chi connectivity index (χ1v) is 11.9. The van der Waals surface area contributed by atoms with Gasteiger partial charge in [-0.15, -0.1) is 0 Å². The fourth-order valence-electron chi connectivity index (χ4n) is 4.34. The lowest BCUT2D eigenvalue weighted by Crippen LogP contribution is -3.12. The van der Waals surface area contributed by atoms with E-state index >= 15 is 0 Å². The van der Waals surface area contributed by atoms with Crippen LogP contribution in [0.5, 0.6) is 0 Å². The second-order valence-electron chi connectivity index (χ2n) is 8.61. The minimum absolute atomic E-state index is 0.879. The van der Waals surface area contributed by atoms with Crippen molar-refractivity contribution in [1.29, 1.82) is 0 Å². The highest BCUT2D eigenvalue weighted by molar-refractivity contribution is 4.69. The minimum Gasteiger partial charge on any atom is -0.335 e. The van der Waals surface area contributed by atoms with E-state index in [-0.39, 0.29) is 0 Å². The van der Waals surface area contributed by atoms with Gasteiger partial charge in [0.15, 0.2) is 0 Å². The maximum atomic E-state index is 2.49. The molecular formula is C24H52N2+2. The predicted molar refractivity (Wildman–Crippen MR) is 119 cm³/mol. The van der Waals surface area contributed by atoms with Gasteiger partial charge in [-0.25, -0.2) is 0 Å². The molecule has 0 saturated heterocycles. The van der Waals surface area contributed by atoms with Gasteiger partial charge >= 0.3 is 0 Å². The van der Waals surface area contributed by atoms with Gasteiger partial charge in [-0.3, -0.25) is 4.48 Å². The quantitative estimate of drug-likeness (QED) is 0.307. The third-order valence-corrected chi connectivity index (χ3v) is 5.86. The first-order chi connectivity index (χ1) is 12.6. The van der Waals surface area contributed by atoms with Crippen LogP contribution in [0.1, 0.15) is 99.3 Å². The van der Waals surface area contributed by atoms with Crippen molar-refractivity contribution in [3.63, 3.8) is 0 Å². The van der Waals surface area contributed by atoms with E-state index in [2.05, 4.69) is 53.8 Å². The Kier molecular flexibility index (Phi) is 16.6. The first kappa shape index (κ1) is 25.7. The number of hydrogen-bond donors (Lipinski definition) is 1. The van der Waals surface area contributed by atoms with Crippen LogP contribution in [0.15, 0.2) is 12.3 Å². The average molecular weight is 369 g/mol. The molecule has 0 aromatic heterocycles. The van der Waals surface area contributed by atoms with Crippen molar-refractivity contribution in [2.75, 3.05) is 39.3 Å². The van der Waals surface area contributed by atoms with Gasteiger partial charge in [0.05, 0.1) is 45.5 Å². The van der Waals surface area contributed by atoms with Crippen LogP contribution in [0.4, 0.5) is 0 Å². The van der Waals surface area contributed by atoms with Crippen LogP contribution in [0.3, 0.4) is 0 Å². The number of rotatable bonds is 18. The number of hydrogen-bond acceptors (Lipinski definition) is 0. The Bertz CT molecular complexity index is 310. The van der Waals surface area contributed by atoms with E-state index in [0.29, 0.717) is 0 Å². The molecule has 0 saturated carbocycles. The van der Waals surface area contributed by atoms with Crippen LogP contribution in [-0.4, -0.2) is 43.8 Å². The highest BCUT2D eigenvalue weighted by atomic mass is 15.3. The van der Waals surface area contributed by atoms with Crippen LogP contribution in [0, 0.1) is 5.92 Å². The molecule has 0 aliphatic heterocycles. The third-order valence-electron chi connectivity index (χ3n) is 5.86. The van der Waals surface area contributed by atoms with E-state index in [1.807, 2.05) is 4.90 Å². The smallest absolute Gasteiger partial charge is 0.0915 e. The summed E-state index contributed by atoms with van der Waals surface area (Å²) in [5, 5.41) is 0. The number of nitrogens with one attached hydrogen (secondary N) is 1. The maximum absolute atomic E-state index is 2.49. The first-order valence-electron chi connectivity index (χ1n) is 11.9. The molecule has 0 spiro atoms. The fraction of sp³-hybridized carbons (Fsp3) is 0.917. The molecule has 2 nitrogen and oxygen atoms in total. The summed E-state index contributed by atoms with van der Waals surface area (Å²) in [7, 11) is 0. The molecule has 2 heteroatoms. The molecule has 0 aliphatic carbocycles. The van der Waals surface area contributed by atoms with E-state index in [9.17, 15) is 0 Å². The maximum Gasteiger partial charge on any atom is 0.0915 e. The van der Waals surface area contributed by atoms with Crippen molar-refractivity contribution in [1.82, 2.24) is 0 Å². The van der Waals surface area contributed by atoms with E-state index in [4.69, 9.17) is 0 Å². The lowest BCUT2D eigenvalue weighted by molar-refractivity contribution is -0.901. The summed E-state index contributed by atoms with van der Waals surface area (Å²) in [6, 6.07) is 0. The molecule has 156 valence electrons. The molecule has 1 N–H and O–H groups in total. The standard InChI is InChI=1S/C24H51N2/c1-7-12-17-25(18-13-8-2)19-16-24(6)15-14-23-26(20-9-3,21-10-4)22-11-5/h9,20,24H,7-8,10-19,21-23H2,1-6H3/q+1/p+1/b20-9+. The molecular weight excluding hydrogens is 316 g/mol. The Morgan fingerprint density at radius 3 is 1.77 bits per heavy atom. The summed E-state index contributed by atoms with van der Waals surface area (Å²) in [6.07, 6.45) is 17.0. The highest BCUT2D eigenvalue weighted by Crippen LogP contribution is 2.17. The molecule has 1 unspecified atom stereocenters. The van der Waals surface area contributed by atoms with E-state index < -0.39 is 0 Å². The summed E-state index contributed by atoms with van der Waals surface area (Å²) in [6.45, 7) is 22.1. The van der Waals surface area contributed by atoms with Gasteiger partial charge < -0.3 is 4.90 Å². The van der Waals surface area contributed by atoms with Crippen LogP contribution in [0.25, 0.3) is 0 Å². The molecule has 0 radical (unpaired) electrons. The molecule has 0 amide bonds. The Morgan fingerprint density at radius 2 is 1.31 bits per heavy atom. The van der Waals surface area contributed by atoms with Crippen molar-refractivity contribution in [2.24, 2.45) is 5.92 Å². The third kappa shape index (κ3) is 12.1. The van der Waals surface area contributed by atoms with Crippen molar-refractivity contribution in [2.45, 2.75) is 99.3 Å². The number of nitrogens with zero attached hydrogens (tertiary/aromatic N) is 1. The largest absolute Gasteiger partial charge is 0.335 e. The minimum atomic E-state index is 0.879. The number of unbranched alkanes of at least 4 members (excludes halogenated alkanes) is 2. The summed E-state index contributed by atoms with van der Waals surface area (Å²) >= 11 is 0. The van der Waals surface area contributed by atoms with Gasteiger partial charge in [0, 0.05) is 0 Å². The molecule has 26 heavy (non-hydrogen) atoms. The van der Waals surface area contributed by atoms with E-state index in [1.54, 1.807) is 0 Å². The van der Waals surface area contributed by atoms with Crippen LogP contribution in [0.2, 0.25) is 0 Å². The van der Waals surface area contributed by atoms with Gasteiger partial charge in [0.1, 0.15) is 0 Å². The molecule has 0 bridgehead atoms. The summed E-state index contributed by atoms with van der Waals surface area (Å²) in [5.41, 5.74) is 0. The summed E-state index contributed by atoms with van der Waals surface area (Å²) in [4.78, 5) is 1.86. The van der Waals surface area contributed by atoms with Gasteiger partial charge in [0.25, 0.3) is 0 Å². The van der Waals surface area contributed by atoms with Crippen molar-refractivity contribution < 1.29 is 9.38 Å². The Morgan fingerprint density at radius 1 is 0.731 bits per heavy atom. The highest BCUT2D eigenvalue weighted by Gasteiger charge is 2.22. The molecule has 0 fully saturated rings. The monoisotopic (exact) mass is 368 g/mol. The molecule has 0 aromatic rings. The van der Waals surface area contributed by atoms with Crippen molar-refractivity contribution >= 4 is 0 Å². The number of allylic oxidation sites excluding steroid dienone is 1. The van der Waals surface area contributed by atoms with Gasteiger partial charge in [-0.2, -0.15) is 0 Å². The zero-order valence-corrected chi connectivity index (χ0v) is 19.3. The Hall–Kier alpha value is -0.340. The summed E-state index contributed by atoms with van der Waals surface area (Å²) in [5.74, 6) is 0.879. The zero-order valence-electron chi connectivity index (χ0n) is 19.3.